The van der Waals surface area contributed by atoms with Crippen LogP contribution in [0.25, 0.3) is 0 Å². The third-order valence-corrected chi connectivity index (χ3v) is 2.22. The normalized spacial score (nSPS) is 11.1. The molecule has 0 aliphatic rings. The van der Waals surface area contributed by atoms with Gasteiger partial charge in [0.1, 0.15) is 0 Å². The minimum atomic E-state index is 0.941. The van der Waals surface area contributed by atoms with Crippen molar-refractivity contribution in [2.75, 3.05) is 7.05 Å². The largest absolute Gasteiger partial charge is 0.374 e. The summed E-state index contributed by atoms with van der Waals surface area (Å²) in [7, 11) is 2.09. The lowest BCUT2D eigenvalue weighted by molar-refractivity contribution is 0.412. The molecule has 0 saturated heterocycles. The number of rotatable bonds is 4. The molecule has 0 unspecified atom stereocenters. The van der Waals surface area contributed by atoms with Gasteiger partial charge in [-0.3, -0.25) is 0 Å². The Morgan fingerprint density at radius 3 is 2.57 bits per heavy atom. The van der Waals surface area contributed by atoms with E-state index in [1.54, 1.807) is 0 Å². The quantitative estimate of drug-likeness (QED) is 0.654. The predicted molar refractivity (Wildman–Crippen MR) is 61.9 cm³/mol. The zero-order chi connectivity index (χ0) is 10.4. The van der Waals surface area contributed by atoms with Crippen LogP contribution in [0, 0.1) is 0 Å². The van der Waals surface area contributed by atoms with Gasteiger partial charge >= 0.3 is 0 Å². The summed E-state index contributed by atoms with van der Waals surface area (Å²) in [6.07, 6.45) is 3.83. The number of benzene rings is 1. The fourth-order valence-electron chi connectivity index (χ4n) is 1.28. The zero-order valence-electron chi connectivity index (χ0n) is 8.90. The molecule has 0 heterocycles. The maximum absolute atomic E-state index is 3.69. The zero-order valence-corrected chi connectivity index (χ0v) is 8.90. The van der Waals surface area contributed by atoms with Crippen LogP contribution in [0.4, 0.5) is 0 Å². The van der Waals surface area contributed by atoms with E-state index < -0.39 is 0 Å². The molecule has 1 rings (SSSR count). The topological polar surface area (TPSA) is 3.24 Å². The molecule has 0 N–H and O–H groups in total. The molecule has 0 aliphatic heterocycles. The van der Waals surface area contributed by atoms with Crippen LogP contribution in [0.5, 0.6) is 0 Å². The van der Waals surface area contributed by atoms with E-state index in [1.807, 2.05) is 18.2 Å². The highest BCUT2D eigenvalue weighted by Crippen LogP contribution is 2.07. The van der Waals surface area contributed by atoms with Crippen molar-refractivity contribution in [2.24, 2.45) is 0 Å². The summed E-state index contributed by atoms with van der Waals surface area (Å²) >= 11 is 0. The summed E-state index contributed by atoms with van der Waals surface area (Å²) in [6, 6.07) is 10.4. The molecule has 1 aromatic carbocycles. The lowest BCUT2D eigenvalue weighted by atomic mass is 10.2. The van der Waals surface area contributed by atoms with E-state index in [9.17, 15) is 0 Å². The molecule has 0 bridgehead atoms. The summed E-state index contributed by atoms with van der Waals surface area (Å²) in [5.74, 6) is 0. The molecule has 0 atom stereocenters. The van der Waals surface area contributed by atoms with E-state index in [4.69, 9.17) is 0 Å². The van der Waals surface area contributed by atoms with E-state index in [0.29, 0.717) is 0 Å². The van der Waals surface area contributed by atoms with E-state index in [0.717, 1.165) is 6.54 Å². The van der Waals surface area contributed by atoms with Crippen molar-refractivity contribution in [3.63, 3.8) is 0 Å². The average molecular weight is 187 g/mol. The lowest BCUT2D eigenvalue weighted by Crippen LogP contribution is -2.14. The first-order chi connectivity index (χ1) is 6.74. The van der Waals surface area contributed by atoms with Crippen molar-refractivity contribution in [3.05, 3.63) is 60.3 Å². The van der Waals surface area contributed by atoms with Gasteiger partial charge < -0.3 is 4.90 Å². The molecule has 0 radical (unpaired) electrons. The van der Waals surface area contributed by atoms with E-state index in [-0.39, 0.29) is 0 Å². The molecule has 74 valence electrons. The van der Waals surface area contributed by atoms with E-state index in [1.165, 1.54) is 11.3 Å². The fourth-order valence-corrected chi connectivity index (χ4v) is 1.28. The summed E-state index contributed by atoms with van der Waals surface area (Å²) in [5.41, 5.74) is 2.55. The van der Waals surface area contributed by atoms with Gasteiger partial charge in [-0.15, -0.1) is 0 Å². The second-order valence-electron chi connectivity index (χ2n) is 3.39. The SMILES string of the molecule is C=C/C=C(\C)N(C)Cc1ccccc1. The standard InChI is InChI=1S/C13H17N/c1-4-8-12(2)14(3)11-13-9-6-5-7-10-13/h4-10H,1,11H2,2-3H3/b12-8+. The molecular weight excluding hydrogens is 170 g/mol. The van der Waals surface area contributed by atoms with Crippen molar-refractivity contribution in [3.8, 4) is 0 Å². The van der Waals surface area contributed by atoms with Crippen LogP contribution in [0.1, 0.15) is 12.5 Å². The number of allylic oxidation sites excluding steroid dienone is 3. The minimum absolute atomic E-state index is 0.941. The molecule has 0 saturated carbocycles. The molecule has 0 aromatic heterocycles. The first-order valence-electron chi connectivity index (χ1n) is 4.78. The Labute approximate surface area is 86.4 Å². The Kier molecular flexibility index (Phi) is 3.99. The van der Waals surface area contributed by atoms with Crippen molar-refractivity contribution in [1.29, 1.82) is 0 Å². The number of hydrogen-bond donors (Lipinski definition) is 0. The van der Waals surface area contributed by atoms with Gasteiger partial charge in [0.2, 0.25) is 0 Å². The van der Waals surface area contributed by atoms with Gasteiger partial charge in [-0.05, 0) is 18.6 Å². The van der Waals surface area contributed by atoms with Crippen molar-refractivity contribution in [2.45, 2.75) is 13.5 Å². The molecule has 0 spiro atoms. The molecule has 1 aromatic rings. The first kappa shape index (κ1) is 10.6. The van der Waals surface area contributed by atoms with Gasteiger partial charge in [0.25, 0.3) is 0 Å². The third kappa shape index (κ3) is 3.09. The molecule has 0 amide bonds. The van der Waals surface area contributed by atoms with E-state index >= 15 is 0 Å². The van der Waals surface area contributed by atoms with Gasteiger partial charge in [0, 0.05) is 19.3 Å². The monoisotopic (exact) mass is 187 g/mol. The van der Waals surface area contributed by atoms with Crippen LogP contribution in [-0.4, -0.2) is 11.9 Å². The van der Waals surface area contributed by atoms with Gasteiger partial charge in [-0.1, -0.05) is 43.0 Å². The third-order valence-electron chi connectivity index (χ3n) is 2.22. The van der Waals surface area contributed by atoms with Crippen LogP contribution in [-0.2, 0) is 6.54 Å². The Hall–Kier alpha value is -1.50. The average Bonchev–Trinajstić information content (AvgIpc) is 2.19. The number of nitrogens with zero attached hydrogens (tertiary/aromatic N) is 1. The van der Waals surface area contributed by atoms with Crippen LogP contribution < -0.4 is 0 Å². The molecular formula is C13H17N. The maximum Gasteiger partial charge on any atom is 0.0423 e. The highest BCUT2D eigenvalue weighted by Gasteiger charge is 1.98. The Balaban J connectivity index is 2.61. The summed E-state index contributed by atoms with van der Waals surface area (Å²) < 4.78 is 0. The van der Waals surface area contributed by atoms with Gasteiger partial charge in [-0.25, -0.2) is 0 Å². The molecule has 1 heteroatoms. The fraction of sp³-hybridized carbons (Fsp3) is 0.231. The highest BCUT2D eigenvalue weighted by molar-refractivity contribution is 5.16. The van der Waals surface area contributed by atoms with E-state index in [2.05, 4.69) is 49.7 Å². The summed E-state index contributed by atoms with van der Waals surface area (Å²) in [4.78, 5) is 2.21. The van der Waals surface area contributed by atoms with Gasteiger partial charge in [-0.2, -0.15) is 0 Å². The lowest BCUT2D eigenvalue weighted by Gasteiger charge is -2.19. The Bertz CT molecular complexity index is 311. The Morgan fingerprint density at radius 2 is 2.00 bits per heavy atom. The maximum atomic E-state index is 3.69. The smallest absolute Gasteiger partial charge is 0.0423 e. The van der Waals surface area contributed by atoms with Crippen molar-refractivity contribution < 1.29 is 0 Å². The second kappa shape index (κ2) is 5.28. The van der Waals surface area contributed by atoms with Gasteiger partial charge in [0.05, 0.1) is 0 Å². The van der Waals surface area contributed by atoms with Crippen LogP contribution >= 0.6 is 0 Å². The highest BCUT2D eigenvalue weighted by atomic mass is 15.1. The summed E-state index contributed by atoms with van der Waals surface area (Å²) in [6.45, 7) is 6.72. The van der Waals surface area contributed by atoms with Crippen LogP contribution in [0.2, 0.25) is 0 Å². The Morgan fingerprint density at radius 1 is 1.36 bits per heavy atom. The molecule has 1 nitrogen and oxygen atoms in total. The van der Waals surface area contributed by atoms with Gasteiger partial charge in [0.15, 0.2) is 0 Å². The van der Waals surface area contributed by atoms with Crippen molar-refractivity contribution >= 4 is 0 Å². The molecule has 0 fully saturated rings. The van der Waals surface area contributed by atoms with Crippen LogP contribution in [0.3, 0.4) is 0 Å². The van der Waals surface area contributed by atoms with Crippen molar-refractivity contribution in [1.82, 2.24) is 4.90 Å². The molecule has 14 heavy (non-hydrogen) atoms. The minimum Gasteiger partial charge on any atom is -0.374 e. The van der Waals surface area contributed by atoms with Crippen LogP contribution in [0.15, 0.2) is 54.8 Å². The predicted octanol–water partition coefficient (Wildman–Crippen LogP) is 3.21. The summed E-state index contributed by atoms with van der Waals surface area (Å²) in [5, 5.41) is 0. The number of hydrogen-bond acceptors (Lipinski definition) is 1. The molecule has 0 aliphatic carbocycles. The second-order valence-corrected chi connectivity index (χ2v) is 3.39. The first-order valence-corrected chi connectivity index (χ1v) is 4.78.